The van der Waals surface area contributed by atoms with Gasteiger partial charge in [-0.1, -0.05) is 18.2 Å². The maximum absolute atomic E-state index is 4.50. The van der Waals surface area contributed by atoms with Crippen LogP contribution in [0.5, 0.6) is 0 Å². The zero-order valence-corrected chi connectivity index (χ0v) is 11.7. The number of para-hydroxylation sites is 1. The van der Waals surface area contributed by atoms with E-state index in [0.29, 0.717) is 6.04 Å². The number of aromatic nitrogens is 1. The summed E-state index contributed by atoms with van der Waals surface area (Å²) >= 11 is 0. The van der Waals surface area contributed by atoms with E-state index in [0.717, 1.165) is 36.8 Å². The standard InChI is InChI=1S/C16H20N4/c1-13-12-20(10-9-17-13)16-11-15(7-8-18-16)19-14-5-3-2-4-6-14/h2-8,11,13,17H,9-10,12H2,1H3,(H,18,19). The lowest BCUT2D eigenvalue weighted by atomic mass is 10.2. The van der Waals surface area contributed by atoms with Gasteiger partial charge in [0.15, 0.2) is 0 Å². The van der Waals surface area contributed by atoms with E-state index in [1.54, 1.807) is 0 Å². The molecule has 20 heavy (non-hydrogen) atoms. The van der Waals surface area contributed by atoms with Gasteiger partial charge in [-0.25, -0.2) is 4.98 Å². The topological polar surface area (TPSA) is 40.2 Å². The van der Waals surface area contributed by atoms with E-state index in [4.69, 9.17) is 0 Å². The molecule has 0 saturated carbocycles. The molecule has 1 unspecified atom stereocenters. The van der Waals surface area contributed by atoms with E-state index in [1.165, 1.54) is 0 Å². The molecule has 1 aliphatic heterocycles. The third-order valence-corrected chi connectivity index (χ3v) is 3.50. The summed E-state index contributed by atoms with van der Waals surface area (Å²) in [5.74, 6) is 1.04. The van der Waals surface area contributed by atoms with Crippen LogP contribution in [0.1, 0.15) is 6.92 Å². The molecule has 1 aromatic heterocycles. The van der Waals surface area contributed by atoms with Crippen LogP contribution in [0.2, 0.25) is 0 Å². The summed E-state index contributed by atoms with van der Waals surface area (Å²) in [7, 11) is 0. The molecule has 1 aliphatic rings. The van der Waals surface area contributed by atoms with Gasteiger partial charge in [0.05, 0.1) is 0 Å². The molecular formula is C16H20N4. The zero-order valence-electron chi connectivity index (χ0n) is 11.7. The molecule has 2 aromatic rings. The number of piperazine rings is 1. The van der Waals surface area contributed by atoms with Crippen molar-refractivity contribution in [3.63, 3.8) is 0 Å². The lowest BCUT2D eigenvalue weighted by Crippen LogP contribution is -2.49. The second-order valence-corrected chi connectivity index (χ2v) is 5.19. The lowest BCUT2D eigenvalue weighted by Gasteiger charge is -2.32. The highest BCUT2D eigenvalue weighted by molar-refractivity contribution is 5.62. The van der Waals surface area contributed by atoms with Crippen molar-refractivity contribution < 1.29 is 0 Å². The fraction of sp³-hybridized carbons (Fsp3) is 0.312. The number of nitrogens with zero attached hydrogens (tertiary/aromatic N) is 2. The van der Waals surface area contributed by atoms with Gasteiger partial charge >= 0.3 is 0 Å². The van der Waals surface area contributed by atoms with Crippen molar-refractivity contribution in [1.82, 2.24) is 10.3 Å². The third-order valence-electron chi connectivity index (χ3n) is 3.50. The van der Waals surface area contributed by atoms with Gasteiger partial charge in [-0.3, -0.25) is 0 Å². The second-order valence-electron chi connectivity index (χ2n) is 5.19. The number of hydrogen-bond donors (Lipinski definition) is 2. The number of nitrogens with one attached hydrogen (secondary N) is 2. The molecule has 0 radical (unpaired) electrons. The first-order valence-electron chi connectivity index (χ1n) is 7.08. The fourth-order valence-electron chi connectivity index (χ4n) is 2.50. The Morgan fingerprint density at radius 1 is 1.20 bits per heavy atom. The SMILES string of the molecule is CC1CN(c2cc(Nc3ccccc3)ccn2)CCN1. The van der Waals surface area contributed by atoms with Crippen LogP contribution >= 0.6 is 0 Å². The smallest absolute Gasteiger partial charge is 0.130 e. The van der Waals surface area contributed by atoms with E-state index in [1.807, 2.05) is 30.5 Å². The average Bonchev–Trinajstić information content (AvgIpc) is 2.49. The van der Waals surface area contributed by atoms with Gasteiger partial charge in [-0.05, 0) is 25.1 Å². The van der Waals surface area contributed by atoms with Crippen LogP contribution in [0.15, 0.2) is 48.7 Å². The number of anilines is 3. The number of pyridine rings is 1. The monoisotopic (exact) mass is 268 g/mol. The summed E-state index contributed by atoms with van der Waals surface area (Å²) in [5.41, 5.74) is 2.17. The Bertz CT molecular complexity index is 555. The van der Waals surface area contributed by atoms with Crippen molar-refractivity contribution in [3.05, 3.63) is 48.7 Å². The van der Waals surface area contributed by atoms with E-state index >= 15 is 0 Å². The highest BCUT2D eigenvalue weighted by atomic mass is 15.2. The predicted octanol–water partition coefficient (Wildman–Crippen LogP) is 2.62. The molecule has 0 spiro atoms. The molecule has 2 N–H and O–H groups in total. The largest absolute Gasteiger partial charge is 0.355 e. The average molecular weight is 268 g/mol. The molecule has 1 atom stereocenters. The molecule has 0 bridgehead atoms. The number of hydrogen-bond acceptors (Lipinski definition) is 4. The first-order valence-corrected chi connectivity index (χ1v) is 7.08. The predicted molar refractivity (Wildman–Crippen MR) is 83.6 cm³/mol. The minimum Gasteiger partial charge on any atom is -0.355 e. The van der Waals surface area contributed by atoms with Gasteiger partial charge in [-0.2, -0.15) is 0 Å². The van der Waals surface area contributed by atoms with Gasteiger partial charge in [0.1, 0.15) is 5.82 Å². The van der Waals surface area contributed by atoms with Crippen LogP contribution < -0.4 is 15.5 Å². The molecule has 1 aromatic carbocycles. The maximum Gasteiger partial charge on any atom is 0.130 e. The summed E-state index contributed by atoms with van der Waals surface area (Å²) in [5, 5.41) is 6.86. The van der Waals surface area contributed by atoms with Gasteiger partial charge in [0.2, 0.25) is 0 Å². The van der Waals surface area contributed by atoms with Crippen molar-refractivity contribution in [2.75, 3.05) is 29.9 Å². The van der Waals surface area contributed by atoms with Crippen molar-refractivity contribution in [2.45, 2.75) is 13.0 Å². The molecule has 104 valence electrons. The van der Waals surface area contributed by atoms with Gasteiger partial charge in [-0.15, -0.1) is 0 Å². The minimum atomic E-state index is 0.510. The van der Waals surface area contributed by atoms with E-state index in [2.05, 4.69) is 45.6 Å². The highest BCUT2D eigenvalue weighted by Crippen LogP contribution is 2.21. The van der Waals surface area contributed by atoms with Crippen LogP contribution in [-0.4, -0.2) is 30.7 Å². The Morgan fingerprint density at radius 2 is 2.05 bits per heavy atom. The highest BCUT2D eigenvalue weighted by Gasteiger charge is 2.16. The van der Waals surface area contributed by atoms with Crippen molar-refractivity contribution in [3.8, 4) is 0 Å². The van der Waals surface area contributed by atoms with Crippen LogP contribution in [-0.2, 0) is 0 Å². The van der Waals surface area contributed by atoms with Gasteiger partial charge in [0, 0.05) is 49.3 Å². The summed E-state index contributed by atoms with van der Waals surface area (Å²) in [6.07, 6.45) is 1.87. The zero-order chi connectivity index (χ0) is 13.8. The van der Waals surface area contributed by atoms with Crippen LogP contribution in [0, 0.1) is 0 Å². The van der Waals surface area contributed by atoms with E-state index in [9.17, 15) is 0 Å². The molecule has 0 amide bonds. The third kappa shape index (κ3) is 3.08. The Labute approximate surface area is 119 Å². The molecular weight excluding hydrogens is 248 g/mol. The van der Waals surface area contributed by atoms with Crippen LogP contribution in [0.3, 0.4) is 0 Å². The van der Waals surface area contributed by atoms with E-state index in [-0.39, 0.29) is 0 Å². The minimum absolute atomic E-state index is 0.510. The number of benzene rings is 1. The summed E-state index contributed by atoms with van der Waals surface area (Å²) in [6.45, 7) is 5.23. The molecule has 1 fully saturated rings. The van der Waals surface area contributed by atoms with Crippen molar-refractivity contribution >= 4 is 17.2 Å². The molecule has 3 rings (SSSR count). The van der Waals surface area contributed by atoms with Gasteiger partial charge < -0.3 is 15.5 Å². The summed E-state index contributed by atoms with van der Waals surface area (Å²) in [6, 6.07) is 14.8. The summed E-state index contributed by atoms with van der Waals surface area (Å²) < 4.78 is 0. The molecule has 1 saturated heterocycles. The number of rotatable bonds is 3. The maximum atomic E-state index is 4.50. The first kappa shape index (κ1) is 12.9. The Morgan fingerprint density at radius 3 is 2.85 bits per heavy atom. The Hall–Kier alpha value is -2.07. The van der Waals surface area contributed by atoms with Crippen LogP contribution in [0.25, 0.3) is 0 Å². The lowest BCUT2D eigenvalue weighted by molar-refractivity contribution is 0.482. The molecule has 4 heteroatoms. The molecule has 4 nitrogen and oxygen atoms in total. The second kappa shape index (κ2) is 5.92. The fourth-order valence-corrected chi connectivity index (χ4v) is 2.50. The first-order chi connectivity index (χ1) is 9.81. The Balaban J connectivity index is 1.75. The van der Waals surface area contributed by atoms with Crippen molar-refractivity contribution in [1.29, 1.82) is 0 Å². The quantitative estimate of drug-likeness (QED) is 0.898. The van der Waals surface area contributed by atoms with Crippen molar-refractivity contribution in [2.24, 2.45) is 0 Å². The molecule has 2 heterocycles. The van der Waals surface area contributed by atoms with E-state index < -0.39 is 0 Å². The molecule has 0 aliphatic carbocycles. The normalized spacial score (nSPS) is 18.9. The van der Waals surface area contributed by atoms with Crippen LogP contribution in [0.4, 0.5) is 17.2 Å². The van der Waals surface area contributed by atoms with Gasteiger partial charge in [0.25, 0.3) is 0 Å². The summed E-state index contributed by atoms with van der Waals surface area (Å²) in [4.78, 5) is 6.83. The Kier molecular flexibility index (Phi) is 3.83.